The van der Waals surface area contributed by atoms with Crippen LogP contribution < -0.4 is 11.3 Å². The number of nitrogens with zero attached hydrogens (tertiary/aromatic N) is 1. The van der Waals surface area contributed by atoms with Crippen LogP contribution in [0.3, 0.4) is 0 Å². The Kier molecular flexibility index (Phi) is 5.65. The average molecular weight is 213 g/mol. The quantitative estimate of drug-likeness (QED) is 0.416. The zero-order valence-corrected chi connectivity index (χ0v) is 9.67. The molecule has 1 rings (SSSR count). The van der Waals surface area contributed by atoms with Crippen LogP contribution in [0.2, 0.25) is 0 Å². The monoisotopic (exact) mass is 213 g/mol. The first-order chi connectivity index (χ1) is 7.29. The molecule has 1 saturated heterocycles. The van der Waals surface area contributed by atoms with Crippen LogP contribution in [0.4, 0.5) is 0 Å². The lowest BCUT2D eigenvalue weighted by Gasteiger charge is -2.28. The van der Waals surface area contributed by atoms with E-state index in [0.29, 0.717) is 0 Å². The third-order valence-electron chi connectivity index (χ3n) is 3.09. The first-order valence-corrected chi connectivity index (χ1v) is 6.04. The highest BCUT2D eigenvalue weighted by Gasteiger charge is 2.24. The maximum absolute atomic E-state index is 11.6. The molecule has 4 nitrogen and oxygen atoms in total. The third kappa shape index (κ3) is 3.80. The van der Waals surface area contributed by atoms with Gasteiger partial charge in [0.2, 0.25) is 0 Å². The molecule has 0 aromatic carbocycles. The molecule has 1 heterocycles. The predicted octanol–water partition coefficient (Wildman–Crippen LogP) is 1.02. The number of likely N-dealkylation sites (tertiary alicyclic amines) is 1. The molecule has 0 aromatic rings. The summed E-state index contributed by atoms with van der Waals surface area (Å²) in [5.74, 6) is 5.19. The molecule has 0 saturated carbocycles. The lowest BCUT2D eigenvalue weighted by Crippen LogP contribution is -2.49. The van der Waals surface area contributed by atoms with Gasteiger partial charge in [-0.15, -0.1) is 0 Å². The summed E-state index contributed by atoms with van der Waals surface area (Å²) in [6.07, 6.45) is 6.92. The van der Waals surface area contributed by atoms with Crippen LogP contribution in [0.1, 0.15) is 45.4 Å². The van der Waals surface area contributed by atoms with Crippen molar-refractivity contribution in [2.75, 3.05) is 13.1 Å². The van der Waals surface area contributed by atoms with Crippen LogP contribution >= 0.6 is 0 Å². The molecule has 0 aromatic heterocycles. The van der Waals surface area contributed by atoms with Crippen LogP contribution in [0.25, 0.3) is 0 Å². The maximum atomic E-state index is 11.6. The Bertz CT molecular complexity index is 188. The van der Waals surface area contributed by atoms with Gasteiger partial charge in [0.25, 0.3) is 5.91 Å². The Hall–Kier alpha value is -0.610. The average Bonchev–Trinajstić information content (AvgIpc) is 2.53. The number of nitrogens with one attached hydrogen (secondary N) is 1. The van der Waals surface area contributed by atoms with E-state index in [9.17, 15) is 4.79 Å². The Morgan fingerprint density at radius 1 is 1.33 bits per heavy atom. The van der Waals surface area contributed by atoms with Gasteiger partial charge in [-0.25, -0.2) is 5.84 Å². The van der Waals surface area contributed by atoms with Gasteiger partial charge in [-0.1, -0.05) is 26.2 Å². The fourth-order valence-corrected chi connectivity index (χ4v) is 2.26. The summed E-state index contributed by atoms with van der Waals surface area (Å²) in [5.41, 5.74) is 2.29. The van der Waals surface area contributed by atoms with Crippen molar-refractivity contribution < 1.29 is 4.79 Å². The van der Waals surface area contributed by atoms with E-state index in [1.807, 2.05) is 0 Å². The maximum Gasteiger partial charge on any atom is 0.251 e. The normalized spacial score (nSPS) is 20.7. The highest BCUT2D eigenvalue weighted by Crippen LogP contribution is 2.15. The number of rotatable bonds is 4. The predicted molar refractivity (Wildman–Crippen MR) is 61.1 cm³/mol. The molecule has 3 N–H and O–H groups in total. The molecule has 4 heteroatoms. The van der Waals surface area contributed by atoms with Crippen molar-refractivity contribution in [3.63, 3.8) is 0 Å². The van der Waals surface area contributed by atoms with Crippen LogP contribution in [0.15, 0.2) is 0 Å². The van der Waals surface area contributed by atoms with E-state index in [1.165, 1.54) is 25.7 Å². The summed E-state index contributed by atoms with van der Waals surface area (Å²) in [4.78, 5) is 13.9. The molecule has 0 bridgehead atoms. The van der Waals surface area contributed by atoms with E-state index in [2.05, 4.69) is 17.2 Å². The lowest BCUT2D eigenvalue weighted by atomic mass is 10.1. The molecule has 1 atom stereocenters. The van der Waals surface area contributed by atoms with Gasteiger partial charge in [0.1, 0.15) is 0 Å². The van der Waals surface area contributed by atoms with E-state index >= 15 is 0 Å². The molecule has 0 aliphatic carbocycles. The molecule has 0 radical (unpaired) electrons. The Morgan fingerprint density at radius 3 is 2.40 bits per heavy atom. The fraction of sp³-hybridized carbons (Fsp3) is 0.909. The van der Waals surface area contributed by atoms with E-state index in [-0.39, 0.29) is 11.9 Å². The highest BCUT2D eigenvalue weighted by molar-refractivity contribution is 5.81. The molecule has 0 unspecified atom stereocenters. The molecule has 1 aliphatic rings. The number of carbonyl (C=O) groups is 1. The summed E-state index contributed by atoms with van der Waals surface area (Å²) < 4.78 is 0. The summed E-state index contributed by atoms with van der Waals surface area (Å²) in [5, 5.41) is 0. The molecule has 1 fully saturated rings. The van der Waals surface area contributed by atoms with E-state index < -0.39 is 0 Å². The Balaban J connectivity index is 2.55. The molecule has 1 amide bonds. The van der Waals surface area contributed by atoms with Crippen molar-refractivity contribution in [3.05, 3.63) is 0 Å². The minimum absolute atomic E-state index is 0.0156. The number of amides is 1. The summed E-state index contributed by atoms with van der Waals surface area (Å²) in [7, 11) is 0. The van der Waals surface area contributed by atoms with Crippen molar-refractivity contribution in [1.82, 2.24) is 10.3 Å². The second-order valence-electron chi connectivity index (χ2n) is 4.26. The van der Waals surface area contributed by atoms with Crippen molar-refractivity contribution in [1.29, 1.82) is 0 Å². The number of hydrogen-bond acceptors (Lipinski definition) is 3. The minimum atomic E-state index is -0.0289. The van der Waals surface area contributed by atoms with Gasteiger partial charge in [0.15, 0.2) is 0 Å². The number of nitrogens with two attached hydrogens (primary N) is 1. The first kappa shape index (κ1) is 12.5. The Morgan fingerprint density at radius 2 is 1.93 bits per heavy atom. The molecule has 1 aliphatic heterocycles. The third-order valence-corrected chi connectivity index (χ3v) is 3.09. The van der Waals surface area contributed by atoms with Crippen molar-refractivity contribution >= 4 is 5.91 Å². The zero-order valence-electron chi connectivity index (χ0n) is 9.67. The molecule has 88 valence electrons. The van der Waals surface area contributed by atoms with Gasteiger partial charge in [0.05, 0.1) is 6.04 Å². The topological polar surface area (TPSA) is 58.4 Å². The second kappa shape index (κ2) is 6.80. The summed E-state index contributed by atoms with van der Waals surface area (Å²) >= 11 is 0. The summed E-state index contributed by atoms with van der Waals surface area (Å²) in [6, 6.07) is -0.0156. The smallest absolute Gasteiger partial charge is 0.251 e. The number of hydrazine groups is 1. The van der Waals surface area contributed by atoms with E-state index in [0.717, 1.165) is 25.9 Å². The van der Waals surface area contributed by atoms with Crippen LogP contribution in [0.5, 0.6) is 0 Å². The number of hydrogen-bond donors (Lipinski definition) is 2. The standard InChI is InChI=1S/C11H23N3O/c1-2-7-10(11(15)13-12)14-8-5-3-4-6-9-14/h10H,2-9,12H2,1H3,(H,13,15)/t10-/m0/s1. The fourth-order valence-electron chi connectivity index (χ4n) is 2.26. The van der Waals surface area contributed by atoms with E-state index in [1.54, 1.807) is 0 Å². The number of carbonyl (C=O) groups excluding carboxylic acids is 1. The second-order valence-corrected chi connectivity index (χ2v) is 4.26. The molecule has 0 spiro atoms. The van der Waals surface area contributed by atoms with Crippen LogP contribution in [-0.4, -0.2) is 29.9 Å². The lowest BCUT2D eigenvalue weighted by molar-refractivity contribution is -0.126. The van der Waals surface area contributed by atoms with Crippen molar-refractivity contribution in [2.45, 2.75) is 51.5 Å². The van der Waals surface area contributed by atoms with Gasteiger partial charge >= 0.3 is 0 Å². The zero-order chi connectivity index (χ0) is 11.1. The largest absolute Gasteiger partial charge is 0.293 e. The molecular weight excluding hydrogens is 190 g/mol. The van der Waals surface area contributed by atoms with E-state index in [4.69, 9.17) is 5.84 Å². The van der Waals surface area contributed by atoms with Crippen molar-refractivity contribution in [3.8, 4) is 0 Å². The van der Waals surface area contributed by atoms with Gasteiger partial charge in [-0.3, -0.25) is 15.1 Å². The summed E-state index contributed by atoms with van der Waals surface area (Å²) in [6.45, 7) is 4.19. The SMILES string of the molecule is CCC[C@@H](C(=O)NN)N1CCCCCC1. The van der Waals surface area contributed by atoms with Gasteiger partial charge in [-0.2, -0.15) is 0 Å². The van der Waals surface area contributed by atoms with Gasteiger partial charge in [0, 0.05) is 0 Å². The minimum Gasteiger partial charge on any atom is -0.293 e. The Labute approximate surface area is 92.2 Å². The van der Waals surface area contributed by atoms with Gasteiger partial charge in [-0.05, 0) is 32.4 Å². The molecule has 15 heavy (non-hydrogen) atoms. The molecular formula is C11H23N3O. The first-order valence-electron chi connectivity index (χ1n) is 6.04. The van der Waals surface area contributed by atoms with Crippen molar-refractivity contribution in [2.24, 2.45) is 5.84 Å². The van der Waals surface area contributed by atoms with Crippen LogP contribution in [-0.2, 0) is 4.79 Å². The van der Waals surface area contributed by atoms with Crippen LogP contribution in [0, 0.1) is 0 Å². The highest BCUT2D eigenvalue weighted by atomic mass is 16.2. The van der Waals surface area contributed by atoms with Gasteiger partial charge < -0.3 is 0 Å².